The van der Waals surface area contributed by atoms with Crippen molar-refractivity contribution in [2.24, 2.45) is 52.3 Å². The number of fused-ring (bicyclic) bond motifs is 5. The third kappa shape index (κ3) is 4.78. The van der Waals surface area contributed by atoms with E-state index in [0.29, 0.717) is 10.8 Å². The van der Waals surface area contributed by atoms with Gasteiger partial charge in [-0.25, -0.2) is 0 Å². The molecule has 1 heterocycles. The Bertz CT molecular complexity index is 642. The fourth-order valence-electron chi connectivity index (χ4n) is 9.22. The highest BCUT2D eigenvalue weighted by atomic mass is 28.4. The van der Waals surface area contributed by atoms with Crippen molar-refractivity contribution in [1.82, 2.24) is 0 Å². The number of hydrogen-bond acceptors (Lipinski definition) is 2. The molecule has 3 aliphatic carbocycles. The summed E-state index contributed by atoms with van der Waals surface area (Å²) in [6.45, 7) is 20.5. The second-order valence-corrected chi connectivity index (χ2v) is 18.9. The third-order valence-electron chi connectivity index (χ3n) is 10.8. The van der Waals surface area contributed by atoms with E-state index in [9.17, 15) is 0 Å². The molecule has 5 unspecified atom stereocenters. The van der Waals surface area contributed by atoms with Gasteiger partial charge in [0, 0.05) is 6.42 Å². The van der Waals surface area contributed by atoms with Gasteiger partial charge in [0.15, 0.2) is 8.32 Å². The van der Waals surface area contributed by atoms with Crippen LogP contribution in [0.15, 0.2) is 0 Å². The fourth-order valence-corrected chi connectivity index (χ4v) is 10.2. The molecule has 1 saturated heterocycles. The van der Waals surface area contributed by atoms with Crippen LogP contribution in [-0.4, -0.2) is 21.2 Å². The quantitative estimate of drug-likeness (QED) is 0.353. The standard InChI is InChI=1S/C29H54O2Si/c1-20(2)10-9-11-21(3)24-14-15-25-23-13-12-22-18-27(31-32(6,7)8)30-19-29(22,5)26(23)16-17-28(24,25)4/h20-27H,9-19H2,1-8H3/t21?,22?,23?,24-,25?,26?,27-,28-,29+/m1/s1. The lowest BCUT2D eigenvalue weighted by Gasteiger charge is -2.61. The summed E-state index contributed by atoms with van der Waals surface area (Å²) in [5, 5.41) is 0. The molecule has 4 rings (SSSR count). The summed E-state index contributed by atoms with van der Waals surface area (Å²) < 4.78 is 12.8. The van der Waals surface area contributed by atoms with Gasteiger partial charge in [0.25, 0.3) is 0 Å². The second-order valence-electron chi connectivity index (χ2n) is 14.4. The van der Waals surface area contributed by atoms with Gasteiger partial charge in [-0.1, -0.05) is 53.9 Å². The van der Waals surface area contributed by atoms with Crippen LogP contribution >= 0.6 is 0 Å². The van der Waals surface area contributed by atoms with E-state index >= 15 is 0 Å². The van der Waals surface area contributed by atoms with E-state index in [0.717, 1.165) is 54.5 Å². The summed E-state index contributed by atoms with van der Waals surface area (Å²) in [4.78, 5) is 0. The van der Waals surface area contributed by atoms with Crippen LogP contribution in [0.2, 0.25) is 19.6 Å². The van der Waals surface area contributed by atoms with Crippen LogP contribution < -0.4 is 0 Å². The summed E-state index contributed by atoms with van der Waals surface area (Å²) in [6.07, 6.45) is 14.3. The number of ether oxygens (including phenoxy) is 1. The van der Waals surface area contributed by atoms with E-state index in [1.165, 1.54) is 57.8 Å². The highest BCUT2D eigenvalue weighted by molar-refractivity contribution is 6.69. The highest BCUT2D eigenvalue weighted by Crippen LogP contribution is 2.67. The van der Waals surface area contributed by atoms with Gasteiger partial charge in [0.2, 0.25) is 0 Å². The Morgan fingerprint density at radius 2 is 1.62 bits per heavy atom. The normalized spacial score (nSPS) is 45.3. The first-order valence-corrected chi connectivity index (χ1v) is 17.6. The average Bonchev–Trinajstić information content (AvgIpc) is 3.04. The zero-order chi connectivity index (χ0) is 23.3. The molecule has 9 atom stereocenters. The fraction of sp³-hybridized carbons (Fsp3) is 1.00. The Kier molecular flexibility index (Phi) is 7.34. The number of hydrogen-bond donors (Lipinski definition) is 0. The van der Waals surface area contributed by atoms with Gasteiger partial charge in [0.1, 0.15) is 6.29 Å². The Hall–Kier alpha value is 0.137. The molecule has 0 bridgehead atoms. The molecule has 3 heteroatoms. The van der Waals surface area contributed by atoms with Crippen molar-refractivity contribution in [1.29, 1.82) is 0 Å². The van der Waals surface area contributed by atoms with Crippen molar-refractivity contribution in [2.45, 2.75) is 125 Å². The molecule has 0 aromatic carbocycles. The second kappa shape index (κ2) is 9.30. The minimum Gasteiger partial charge on any atom is -0.393 e. The summed E-state index contributed by atoms with van der Waals surface area (Å²) in [6, 6.07) is 0. The topological polar surface area (TPSA) is 18.5 Å². The molecule has 3 saturated carbocycles. The molecule has 0 amide bonds. The molecule has 4 aliphatic rings. The van der Waals surface area contributed by atoms with Crippen LogP contribution in [0.25, 0.3) is 0 Å². The molecule has 186 valence electrons. The van der Waals surface area contributed by atoms with Gasteiger partial charge >= 0.3 is 0 Å². The van der Waals surface area contributed by atoms with Crippen molar-refractivity contribution >= 4 is 8.32 Å². The van der Waals surface area contributed by atoms with E-state index in [-0.39, 0.29) is 6.29 Å². The van der Waals surface area contributed by atoms with Crippen molar-refractivity contribution in [2.75, 3.05) is 6.61 Å². The van der Waals surface area contributed by atoms with Crippen LogP contribution in [0, 0.1) is 52.3 Å². The average molecular weight is 463 g/mol. The van der Waals surface area contributed by atoms with Crippen molar-refractivity contribution < 1.29 is 9.16 Å². The van der Waals surface area contributed by atoms with Gasteiger partial charge in [0.05, 0.1) is 6.61 Å². The van der Waals surface area contributed by atoms with Gasteiger partial charge in [-0.3, -0.25) is 0 Å². The Labute approximate surface area is 201 Å². The highest BCUT2D eigenvalue weighted by Gasteiger charge is 2.61. The molecule has 0 N–H and O–H groups in total. The first-order chi connectivity index (χ1) is 14.9. The van der Waals surface area contributed by atoms with Gasteiger partial charge in [-0.05, 0) is 110 Å². The zero-order valence-corrected chi connectivity index (χ0v) is 23.7. The molecule has 4 fully saturated rings. The largest absolute Gasteiger partial charge is 0.393 e. The lowest BCUT2D eigenvalue weighted by atomic mass is 9.46. The van der Waals surface area contributed by atoms with Gasteiger partial charge < -0.3 is 9.16 Å². The minimum absolute atomic E-state index is 0.0627. The summed E-state index contributed by atoms with van der Waals surface area (Å²) in [5.74, 6) is 6.31. The van der Waals surface area contributed by atoms with Crippen LogP contribution in [0.3, 0.4) is 0 Å². The molecule has 0 aromatic heterocycles. The van der Waals surface area contributed by atoms with Crippen LogP contribution in [-0.2, 0) is 9.16 Å². The Morgan fingerprint density at radius 1 is 0.906 bits per heavy atom. The number of rotatable bonds is 7. The van der Waals surface area contributed by atoms with E-state index in [1.54, 1.807) is 0 Å². The van der Waals surface area contributed by atoms with E-state index in [4.69, 9.17) is 9.16 Å². The summed E-state index contributed by atoms with van der Waals surface area (Å²) in [5.41, 5.74) is 0.977. The molecule has 0 radical (unpaired) electrons. The zero-order valence-electron chi connectivity index (χ0n) is 22.7. The van der Waals surface area contributed by atoms with Gasteiger partial charge in [-0.2, -0.15) is 0 Å². The summed E-state index contributed by atoms with van der Waals surface area (Å²) >= 11 is 0. The monoisotopic (exact) mass is 462 g/mol. The molecule has 1 aliphatic heterocycles. The van der Waals surface area contributed by atoms with Crippen molar-refractivity contribution in [3.63, 3.8) is 0 Å². The molecule has 0 spiro atoms. The molecular weight excluding hydrogens is 408 g/mol. The predicted molar refractivity (Wildman–Crippen MR) is 138 cm³/mol. The van der Waals surface area contributed by atoms with Crippen LogP contribution in [0.4, 0.5) is 0 Å². The SMILES string of the molecule is CC(C)CCCC(C)[C@H]1CCC2C3CCC4C[C@@H](O[Si](C)(C)C)OC[C@]4(C)C3CC[C@@]21C. The van der Waals surface area contributed by atoms with E-state index in [2.05, 4.69) is 54.3 Å². The molecule has 32 heavy (non-hydrogen) atoms. The van der Waals surface area contributed by atoms with Crippen molar-refractivity contribution in [3.8, 4) is 0 Å². The maximum Gasteiger partial charge on any atom is 0.187 e. The Balaban J connectivity index is 1.42. The Morgan fingerprint density at radius 3 is 2.31 bits per heavy atom. The first-order valence-electron chi connectivity index (χ1n) is 14.2. The van der Waals surface area contributed by atoms with E-state index < -0.39 is 8.32 Å². The lowest BCUT2D eigenvalue weighted by molar-refractivity contribution is -0.221. The third-order valence-corrected chi connectivity index (χ3v) is 11.8. The predicted octanol–water partition coefficient (Wildman–Crippen LogP) is 8.52. The maximum absolute atomic E-state index is 6.45. The molecule has 0 aromatic rings. The van der Waals surface area contributed by atoms with Crippen molar-refractivity contribution in [3.05, 3.63) is 0 Å². The van der Waals surface area contributed by atoms with Gasteiger partial charge in [-0.15, -0.1) is 0 Å². The van der Waals surface area contributed by atoms with Crippen LogP contribution in [0.5, 0.6) is 0 Å². The first kappa shape index (κ1) is 25.2. The smallest absolute Gasteiger partial charge is 0.187 e. The van der Waals surface area contributed by atoms with Crippen LogP contribution in [0.1, 0.15) is 98.8 Å². The molecule has 2 nitrogen and oxygen atoms in total. The summed E-state index contributed by atoms with van der Waals surface area (Å²) in [7, 11) is -1.55. The van der Waals surface area contributed by atoms with E-state index in [1.807, 2.05) is 0 Å². The maximum atomic E-state index is 6.45. The molecular formula is C29H54O2Si. The minimum atomic E-state index is -1.55. The lowest BCUT2D eigenvalue weighted by Crippen LogP contribution is -2.57.